The van der Waals surface area contributed by atoms with Gasteiger partial charge in [0.25, 0.3) is 5.91 Å². The summed E-state index contributed by atoms with van der Waals surface area (Å²) in [6.45, 7) is 0.471. The van der Waals surface area contributed by atoms with Crippen molar-refractivity contribution < 1.29 is 9.59 Å². The second-order valence-corrected chi connectivity index (χ2v) is 5.66. The number of hydrogen-bond acceptors (Lipinski definition) is 2. The van der Waals surface area contributed by atoms with E-state index in [9.17, 15) is 9.59 Å². The van der Waals surface area contributed by atoms with Crippen molar-refractivity contribution in [3.63, 3.8) is 0 Å². The second kappa shape index (κ2) is 6.20. The number of rotatable bonds is 3. The first-order valence-corrected chi connectivity index (χ1v) is 7.43. The highest BCUT2D eigenvalue weighted by Crippen LogP contribution is 2.23. The zero-order chi connectivity index (χ0) is 15.5. The molecule has 1 aliphatic heterocycles. The lowest BCUT2D eigenvalue weighted by Crippen LogP contribution is -2.37. The Morgan fingerprint density at radius 1 is 1.09 bits per heavy atom. The van der Waals surface area contributed by atoms with Crippen molar-refractivity contribution in [2.75, 3.05) is 11.4 Å². The minimum atomic E-state index is -0.184. The third-order valence-electron chi connectivity index (χ3n) is 3.63. The maximum Gasteiger partial charge on any atom is 0.251 e. The monoisotopic (exact) mass is 314 g/mol. The van der Waals surface area contributed by atoms with Crippen LogP contribution in [0.15, 0.2) is 54.6 Å². The summed E-state index contributed by atoms with van der Waals surface area (Å²) >= 11 is 5.86. The molecule has 1 heterocycles. The number of carbonyl (C=O) groups excluding carboxylic acids is 2. The lowest BCUT2D eigenvalue weighted by atomic mass is 10.2. The molecule has 0 saturated carbocycles. The van der Waals surface area contributed by atoms with Gasteiger partial charge in [0.15, 0.2) is 0 Å². The van der Waals surface area contributed by atoms with Gasteiger partial charge in [0.1, 0.15) is 0 Å². The summed E-state index contributed by atoms with van der Waals surface area (Å²) in [5, 5.41) is 3.54. The highest BCUT2D eigenvalue weighted by molar-refractivity contribution is 6.30. The molecule has 0 spiro atoms. The van der Waals surface area contributed by atoms with E-state index < -0.39 is 0 Å². The molecule has 0 radical (unpaired) electrons. The fourth-order valence-electron chi connectivity index (χ4n) is 2.53. The van der Waals surface area contributed by atoms with Gasteiger partial charge in [0.05, 0.1) is 6.04 Å². The first-order chi connectivity index (χ1) is 10.6. The molecule has 1 unspecified atom stereocenters. The molecular weight excluding hydrogens is 300 g/mol. The lowest BCUT2D eigenvalue weighted by molar-refractivity contribution is -0.117. The van der Waals surface area contributed by atoms with Crippen LogP contribution in [0.1, 0.15) is 16.8 Å². The number of nitrogens with one attached hydrogen (secondary N) is 1. The van der Waals surface area contributed by atoms with Crippen molar-refractivity contribution in [3.8, 4) is 0 Å². The molecule has 1 N–H and O–H groups in total. The predicted molar refractivity (Wildman–Crippen MR) is 86.1 cm³/mol. The van der Waals surface area contributed by atoms with Gasteiger partial charge in [-0.2, -0.15) is 0 Å². The van der Waals surface area contributed by atoms with Crippen LogP contribution in [0.25, 0.3) is 0 Å². The number of hydrogen-bond donors (Lipinski definition) is 1. The molecule has 3 rings (SSSR count). The molecular formula is C17H15ClN2O2. The van der Waals surface area contributed by atoms with Gasteiger partial charge in [-0.1, -0.05) is 29.8 Å². The van der Waals surface area contributed by atoms with Crippen LogP contribution in [0.4, 0.5) is 5.69 Å². The topological polar surface area (TPSA) is 49.4 Å². The predicted octanol–water partition coefficient (Wildman–Crippen LogP) is 2.88. The van der Waals surface area contributed by atoms with E-state index in [-0.39, 0.29) is 17.9 Å². The Labute approximate surface area is 133 Å². The van der Waals surface area contributed by atoms with E-state index >= 15 is 0 Å². The van der Waals surface area contributed by atoms with Crippen LogP contribution in [0, 0.1) is 0 Å². The standard InChI is InChI=1S/C17H15ClN2O2/c18-13-6-8-15(9-7-13)20-11-14(10-16(20)21)19-17(22)12-4-2-1-3-5-12/h1-9,14H,10-11H2,(H,19,22). The van der Waals surface area contributed by atoms with Crippen LogP contribution in [0.3, 0.4) is 0 Å². The van der Waals surface area contributed by atoms with Gasteiger partial charge in [0.2, 0.25) is 5.91 Å². The summed E-state index contributed by atoms with van der Waals surface area (Å²) in [7, 11) is 0. The van der Waals surface area contributed by atoms with Crippen LogP contribution in [0.2, 0.25) is 5.02 Å². The molecule has 2 aromatic carbocycles. The minimum Gasteiger partial charge on any atom is -0.347 e. The van der Waals surface area contributed by atoms with E-state index in [1.54, 1.807) is 29.2 Å². The molecule has 5 heteroatoms. The van der Waals surface area contributed by atoms with Crippen LogP contribution >= 0.6 is 11.6 Å². The van der Waals surface area contributed by atoms with Crippen molar-refractivity contribution in [2.45, 2.75) is 12.5 Å². The van der Waals surface area contributed by atoms with Crippen molar-refractivity contribution in [1.29, 1.82) is 0 Å². The Balaban J connectivity index is 1.67. The number of anilines is 1. The molecule has 1 saturated heterocycles. The summed E-state index contributed by atoms with van der Waals surface area (Å²) in [5.41, 5.74) is 1.39. The molecule has 0 bridgehead atoms. The molecule has 4 nitrogen and oxygen atoms in total. The van der Waals surface area contributed by atoms with E-state index in [1.165, 1.54) is 0 Å². The summed E-state index contributed by atoms with van der Waals surface area (Å²) in [6.07, 6.45) is 0.307. The highest BCUT2D eigenvalue weighted by Gasteiger charge is 2.31. The van der Waals surface area contributed by atoms with Crippen LogP contribution in [-0.2, 0) is 4.79 Å². The molecule has 0 aromatic heterocycles. The van der Waals surface area contributed by atoms with E-state index in [4.69, 9.17) is 11.6 Å². The van der Waals surface area contributed by atoms with Crippen molar-refractivity contribution in [1.82, 2.24) is 5.32 Å². The van der Waals surface area contributed by atoms with Gasteiger partial charge >= 0.3 is 0 Å². The molecule has 1 fully saturated rings. The van der Waals surface area contributed by atoms with Crippen LogP contribution in [0.5, 0.6) is 0 Å². The minimum absolute atomic E-state index is 0.000633. The maximum atomic E-state index is 12.1. The van der Waals surface area contributed by atoms with Gasteiger partial charge < -0.3 is 10.2 Å². The van der Waals surface area contributed by atoms with Crippen molar-refractivity contribution >= 4 is 29.1 Å². The fraction of sp³-hybridized carbons (Fsp3) is 0.176. The smallest absolute Gasteiger partial charge is 0.251 e. The second-order valence-electron chi connectivity index (χ2n) is 5.22. The SMILES string of the molecule is O=C(NC1CC(=O)N(c2ccc(Cl)cc2)C1)c1ccccc1. The fourth-order valence-corrected chi connectivity index (χ4v) is 2.66. The summed E-state index contributed by atoms with van der Waals surface area (Å²) in [4.78, 5) is 25.9. The van der Waals surface area contributed by atoms with E-state index in [2.05, 4.69) is 5.32 Å². The van der Waals surface area contributed by atoms with E-state index in [1.807, 2.05) is 30.3 Å². The number of benzene rings is 2. The Hall–Kier alpha value is -2.33. The van der Waals surface area contributed by atoms with Gasteiger partial charge in [-0.3, -0.25) is 9.59 Å². The lowest BCUT2D eigenvalue weighted by Gasteiger charge is -2.17. The molecule has 22 heavy (non-hydrogen) atoms. The van der Waals surface area contributed by atoms with Crippen molar-refractivity contribution in [2.24, 2.45) is 0 Å². The zero-order valence-electron chi connectivity index (χ0n) is 11.8. The molecule has 1 aliphatic rings. The van der Waals surface area contributed by atoms with Gasteiger partial charge in [0, 0.05) is 29.2 Å². The number of amides is 2. The highest BCUT2D eigenvalue weighted by atomic mass is 35.5. The van der Waals surface area contributed by atoms with Gasteiger partial charge in [-0.05, 0) is 36.4 Å². The van der Waals surface area contributed by atoms with Gasteiger partial charge in [-0.25, -0.2) is 0 Å². The van der Waals surface area contributed by atoms with Gasteiger partial charge in [-0.15, -0.1) is 0 Å². The Morgan fingerprint density at radius 3 is 2.45 bits per heavy atom. The molecule has 2 aromatic rings. The number of nitrogens with zero attached hydrogens (tertiary/aromatic N) is 1. The molecule has 2 amide bonds. The number of carbonyl (C=O) groups is 2. The van der Waals surface area contributed by atoms with Crippen LogP contribution in [-0.4, -0.2) is 24.4 Å². The van der Waals surface area contributed by atoms with E-state index in [0.717, 1.165) is 5.69 Å². The average molecular weight is 315 g/mol. The maximum absolute atomic E-state index is 12.1. The quantitative estimate of drug-likeness (QED) is 0.947. The van der Waals surface area contributed by atoms with Crippen LogP contribution < -0.4 is 10.2 Å². The van der Waals surface area contributed by atoms with E-state index in [0.29, 0.717) is 23.6 Å². The summed E-state index contributed by atoms with van der Waals surface area (Å²) in [5.74, 6) is -0.156. The zero-order valence-corrected chi connectivity index (χ0v) is 12.6. The molecule has 0 aliphatic carbocycles. The average Bonchev–Trinajstić information content (AvgIpc) is 2.89. The third kappa shape index (κ3) is 3.12. The Morgan fingerprint density at radius 2 is 1.77 bits per heavy atom. The first kappa shape index (κ1) is 14.6. The first-order valence-electron chi connectivity index (χ1n) is 7.05. The normalized spacial score (nSPS) is 17.6. The molecule has 1 atom stereocenters. The number of halogens is 1. The Bertz CT molecular complexity index is 686. The summed E-state index contributed by atoms with van der Waals surface area (Å²) < 4.78 is 0. The third-order valence-corrected chi connectivity index (χ3v) is 3.89. The van der Waals surface area contributed by atoms with Crippen molar-refractivity contribution in [3.05, 3.63) is 65.2 Å². The largest absolute Gasteiger partial charge is 0.347 e. The Kier molecular flexibility index (Phi) is 4.11. The summed E-state index contributed by atoms with van der Waals surface area (Å²) in [6, 6.07) is 15.9. The molecule has 112 valence electrons.